The van der Waals surface area contributed by atoms with E-state index < -0.39 is 8.07 Å². The fourth-order valence-electron chi connectivity index (χ4n) is 3.42. The number of halogens is 1. The smallest absolute Gasteiger partial charge is 0.139 e. The monoisotopic (exact) mass is 428 g/mol. The zero-order chi connectivity index (χ0) is 20.6. The van der Waals surface area contributed by atoms with Crippen molar-refractivity contribution in [3.05, 3.63) is 53.2 Å². The zero-order valence-corrected chi connectivity index (χ0v) is 18.7. The Morgan fingerprint density at radius 1 is 1.10 bits per heavy atom. The minimum atomic E-state index is -1.17. The van der Waals surface area contributed by atoms with Crippen LogP contribution < -0.4 is 4.74 Å². The molecule has 3 aromatic rings. The summed E-state index contributed by atoms with van der Waals surface area (Å²) in [5, 5.41) is 15.6. The van der Waals surface area contributed by atoms with E-state index in [-0.39, 0.29) is 6.61 Å². The van der Waals surface area contributed by atoms with Gasteiger partial charge in [-0.05, 0) is 30.3 Å². The molecule has 0 amide bonds. The highest BCUT2D eigenvalue weighted by molar-refractivity contribution is 6.76. The van der Waals surface area contributed by atoms with Gasteiger partial charge in [0, 0.05) is 36.4 Å². The molecule has 1 N–H and O–H groups in total. The minimum absolute atomic E-state index is 0.149. The first-order valence-electron chi connectivity index (χ1n) is 9.73. The highest BCUT2D eigenvalue weighted by atomic mass is 35.5. The normalized spacial score (nSPS) is 12.6. The lowest BCUT2D eigenvalue weighted by Gasteiger charge is -2.16. The van der Waals surface area contributed by atoms with Gasteiger partial charge in [-0.25, -0.2) is 4.68 Å². The lowest BCUT2D eigenvalue weighted by Crippen LogP contribution is -2.22. The van der Waals surface area contributed by atoms with Crippen molar-refractivity contribution in [1.29, 1.82) is 0 Å². The molecular formula is C22H25ClN2O3Si. The van der Waals surface area contributed by atoms with Crippen molar-refractivity contribution in [3.63, 3.8) is 0 Å². The molecule has 152 valence electrons. The van der Waals surface area contributed by atoms with E-state index in [9.17, 15) is 5.11 Å². The minimum Gasteiger partial charge on any atom is -0.456 e. The quantitative estimate of drug-likeness (QED) is 0.312. The van der Waals surface area contributed by atoms with E-state index in [0.717, 1.165) is 34.2 Å². The van der Waals surface area contributed by atoms with Gasteiger partial charge in [-0.2, -0.15) is 5.10 Å². The molecule has 2 aromatic carbocycles. The van der Waals surface area contributed by atoms with Crippen LogP contribution in [0.4, 0.5) is 0 Å². The number of benzene rings is 2. The Morgan fingerprint density at radius 2 is 1.86 bits per heavy atom. The SMILES string of the molecule is C[Si](C)(C)CCOCn1nc2c(c1CO)-c1ccccc1Oc1ccc(Cl)cc1-2. The van der Waals surface area contributed by atoms with E-state index in [1.165, 1.54) is 0 Å². The second-order valence-electron chi connectivity index (χ2n) is 8.41. The molecule has 1 aliphatic heterocycles. The van der Waals surface area contributed by atoms with Gasteiger partial charge in [0.2, 0.25) is 0 Å². The number of aromatic nitrogens is 2. The van der Waals surface area contributed by atoms with Crippen LogP contribution in [0.5, 0.6) is 11.5 Å². The number of fused-ring (bicyclic) bond motifs is 5. The van der Waals surface area contributed by atoms with Gasteiger partial charge in [-0.15, -0.1) is 0 Å². The summed E-state index contributed by atoms with van der Waals surface area (Å²) in [4.78, 5) is 0. The van der Waals surface area contributed by atoms with Crippen LogP contribution in [0.2, 0.25) is 30.7 Å². The van der Waals surface area contributed by atoms with Crippen LogP contribution in [0.25, 0.3) is 22.4 Å². The fourth-order valence-corrected chi connectivity index (χ4v) is 4.35. The molecule has 0 fully saturated rings. The molecule has 0 radical (unpaired) electrons. The summed E-state index contributed by atoms with van der Waals surface area (Å²) in [6.45, 7) is 7.80. The third-order valence-electron chi connectivity index (χ3n) is 4.99. The van der Waals surface area contributed by atoms with Crippen LogP contribution in [0.3, 0.4) is 0 Å². The van der Waals surface area contributed by atoms with Crippen LogP contribution in [0, 0.1) is 0 Å². The lowest BCUT2D eigenvalue weighted by molar-refractivity contribution is 0.0734. The van der Waals surface area contributed by atoms with Gasteiger partial charge < -0.3 is 14.6 Å². The number of aliphatic hydroxyl groups is 1. The molecule has 7 heteroatoms. The largest absolute Gasteiger partial charge is 0.456 e. The molecule has 0 unspecified atom stereocenters. The first kappa shape index (κ1) is 20.2. The summed E-state index contributed by atoms with van der Waals surface area (Å²) in [5.41, 5.74) is 4.01. The van der Waals surface area contributed by atoms with Crippen molar-refractivity contribution < 1.29 is 14.6 Å². The highest BCUT2D eigenvalue weighted by Gasteiger charge is 2.28. The average Bonchev–Trinajstić information content (AvgIpc) is 2.98. The molecule has 0 aliphatic carbocycles. The number of hydrogen-bond donors (Lipinski definition) is 1. The van der Waals surface area contributed by atoms with Crippen LogP contribution in [0.15, 0.2) is 42.5 Å². The van der Waals surface area contributed by atoms with Crippen molar-refractivity contribution in [2.75, 3.05) is 6.61 Å². The number of ether oxygens (including phenoxy) is 2. The molecular weight excluding hydrogens is 404 g/mol. The van der Waals surface area contributed by atoms with Crippen LogP contribution in [-0.2, 0) is 18.1 Å². The zero-order valence-electron chi connectivity index (χ0n) is 16.9. The van der Waals surface area contributed by atoms with E-state index in [4.69, 9.17) is 26.2 Å². The Kier molecular flexibility index (Phi) is 5.53. The van der Waals surface area contributed by atoms with Gasteiger partial charge in [0.05, 0.1) is 12.3 Å². The maximum atomic E-state index is 10.2. The summed E-state index contributed by atoms with van der Waals surface area (Å²) in [6, 6.07) is 14.4. The maximum absolute atomic E-state index is 10.2. The summed E-state index contributed by atoms with van der Waals surface area (Å²) in [6.07, 6.45) is 0. The first-order valence-corrected chi connectivity index (χ1v) is 13.8. The predicted molar refractivity (Wildman–Crippen MR) is 118 cm³/mol. The van der Waals surface area contributed by atoms with Crippen molar-refractivity contribution in [3.8, 4) is 33.9 Å². The maximum Gasteiger partial charge on any atom is 0.139 e. The van der Waals surface area contributed by atoms with Crippen molar-refractivity contribution in [2.24, 2.45) is 0 Å². The van der Waals surface area contributed by atoms with Crippen molar-refractivity contribution in [2.45, 2.75) is 39.0 Å². The standard InChI is InChI=1S/C22H25ClN2O3Si/c1-29(2,3)11-10-27-14-25-18(13-26)21-16-6-4-5-7-19(16)28-20-9-8-15(23)12-17(20)22(21)24-25/h4-9,12,26H,10-11,13-14H2,1-3H3. The molecule has 1 aliphatic rings. The lowest BCUT2D eigenvalue weighted by atomic mass is 9.99. The van der Waals surface area contributed by atoms with Gasteiger partial charge in [0.1, 0.15) is 23.9 Å². The Morgan fingerprint density at radius 3 is 2.62 bits per heavy atom. The van der Waals surface area contributed by atoms with E-state index >= 15 is 0 Å². The number of nitrogens with zero attached hydrogens (tertiary/aromatic N) is 2. The van der Waals surface area contributed by atoms with E-state index in [1.54, 1.807) is 10.7 Å². The number of aliphatic hydroxyl groups excluding tert-OH is 1. The topological polar surface area (TPSA) is 56.5 Å². The Balaban J connectivity index is 1.79. The summed E-state index contributed by atoms with van der Waals surface area (Å²) in [5.74, 6) is 1.41. The highest BCUT2D eigenvalue weighted by Crippen LogP contribution is 2.48. The third kappa shape index (κ3) is 4.11. The summed E-state index contributed by atoms with van der Waals surface area (Å²) < 4.78 is 13.8. The molecule has 0 saturated carbocycles. The molecule has 0 saturated heterocycles. The first-order chi connectivity index (χ1) is 13.9. The van der Waals surface area contributed by atoms with Gasteiger partial charge in [-0.1, -0.05) is 49.4 Å². The number of para-hydroxylation sites is 1. The molecule has 2 heterocycles. The molecule has 29 heavy (non-hydrogen) atoms. The molecule has 0 spiro atoms. The van der Waals surface area contributed by atoms with Crippen molar-refractivity contribution >= 4 is 19.7 Å². The molecule has 4 rings (SSSR count). The van der Waals surface area contributed by atoms with E-state index in [2.05, 4.69) is 19.6 Å². The van der Waals surface area contributed by atoms with Crippen LogP contribution in [-0.4, -0.2) is 29.6 Å². The molecule has 0 bridgehead atoms. The van der Waals surface area contributed by atoms with Crippen LogP contribution >= 0.6 is 11.6 Å². The van der Waals surface area contributed by atoms with Gasteiger partial charge in [0.25, 0.3) is 0 Å². The Labute approximate surface area is 176 Å². The molecule has 0 atom stereocenters. The predicted octanol–water partition coefficient (Wildman–Crippen LogP) is 5.78. The third-order valence-corrected chi connectivity index (χ3v) is 6.93. The van der Waals surface area contributed by atoms with Gasteiger partial charge in [-0.3, -0.25) is 0 Å². The van der Waals surface area contributed by atoms with Crippen LogP contribution in [0.1, 0.15) is 5.69 Å². The van der Waals surface area contributed by atoms with E-state index in [0.29, 0.717) is 29.8 Å². The molecule has 1 aromatic heterocycles. The Hall–Kier alpha value is -2.12. The second-order valence-corrected chi connectivity index (χ2v) is 14.5. The fraction of sp³-hybridized carbons (Fsp3) is 0.318. The van der Waals surface area contributed by atoms with E-state index in [1.807, 2.05) is 36.4 Å². The van der Waals surface area contributed by atoms with Gasteiger partial charge in [0.15, 0.2) is 0 Å². The van der Waals surface area contributed by atoms with Crippen molar-refractivity contribution in [1.82, 2.24) is 9.78 Å². The number of hydrogen-bond acceptors (Lipinski definition) is 4. The Bertz CT molecular complexity index is 1040. The number of rotatable bonds is 6. The average molecular weight is 429 g/mol. The summed E-state index contributed by atoms with van der Waals surface area (Å²) >= 11 is 6.27. The summed E-state index contributed by atoms with van der Waals surface area (Å²) in [7, 11) is -1.17. The molecule has 5 nitrogen and oxygen atoms in total. The second kappa shape index (κ2) is 7.95. The van der Waals surface area contributed by atoms with Gasteiger partial charge >= 0.3 is 0 Å².